The fourth-order valence-electron chi connectivity index (χ4n) is 0.496. The molecule has 10 heavy (non-hydrogen) atoms. The molecule has 0 aromatic heterocycles. The van der Waals surface area contributed by atoms with Crippen molar-refractivity contribution < 1.29 is 4.79 Å². The van der Waals surface area contributed by atoms with Crippen LogP contribution in [0.5, 0.6) is 0 Å². The van der Waals surface area contributed by atoms with E-state index in [-0.39, 0.29) is 5.91 Å². The second-order valence-electron chi connectivity index (χ2n) is 1.86. The highest BCUT2D eigenvalue weighted by Crippen LogP contribution is 1.88. The van der Waals surface area contributed by atoms with Gasteiger partial charge in [-0.15, -0.1) is 6.58 Å². The lowest BCUT2D eigenvalue weighted by Crippen LogP contribution is -2.25. The Morgan fingerprint density at radius 3 is 3.00 bits per heavy atom. The van der Waals surface area contributed by atoms with E-state index in [0.717, 1.165) is 6.42 Å². The summed E-state index contributed by atoms with van der Waals surface area (Å²) in [5.41, 5.74) is 0. The maximum atomic E-state index is 10.8. The summed E-state index contributed by atoms with van der Waals surface area (Å²) in [6.07, 6.45) is 4.55. The molecule has 0 saturated heterocycles. The van der Waals surface area contributed by atoms with Crippen LogP contribution in [0, 0.1) is 0 Å². The molecule has 0 fully saturated rings. The number of carbonyl (C=O) groups excluding carboxylic acids is 1. The van der Waals surface area contributed by atoms with Gasteiger partial charge in [0.05, 0.1) is 5.75 Å². The molecule has 0 aliphatic rings. The van der Waals surface area contributed by atoms with Gasteiger partial charge in [-0.25, -0.2) is 0 Å². The van der Waals surface area contributed by atoms with Crippen LogP contribution in [0.1, 0.15) is 6.42 Å². The predicted molar refractivity (Wildman–Crippen MR) is 46.2 cm³/mol. The van der Waals surface area contributed by atoms with E-state index >= 15 is 0 Å². The third kappa shape index (κ3) is 5.69. The normalized spacial score (nSPS) is 8.90. The van der Waals surface area contributed by atoms with Crippen LogP contribution >= 0.6 is 11.8 Å². The third-order valence-electron chi connectivity index (χ3n) is 0.946. The Morgan fingerprint density at radius 2 is 2.50 bits per heavy atom. The topological polar surface area (TPSA) is 29.1 Å². The number of thioether (sulfide) groups is 1. The molecule has 0 atom stereocenters. The zero-order valence-corrected chi connectivity index (χ0v) is 7.04. The summed E-state index contributed by atoms with van der Waals surface area (Å²) in [7, 11) is 0. The minimum Gasteiger partial charge on any atom is -0.355 e. The van der Waals surface area contributed by atoms with Crippen molar-refractivity contribution in [3.05, 3.63) is 12.7 Å². The highest BCUT2D eigenvalue weighted by molar-refractivity contribution is 7.99. The van der Waals surface area contributed by atoms with Crippen LogP contribution in [-0.4, -0.2) is 24.5 Å². The van der Waals surface area contributed by atoms with Crippen molar-refractivity contribution in [2.24, 2.45) is 0 Å². The quantitative estimate of drug-likeness (QED) is 0.480. The molecular formula is C7H13NOS. The molecular weight excluding hydrogens is 146 g/mol. The number of hydrogen-bond acceptors (Lipinski definition) is 2. The van der Waals surface area contributed by atoms with E-state index in [2.05, 4.69) is 11.9 Å². The van der Waals surface area contributed by atoms with Crippen molar-refractivity contribution in [2.75, 3.05) is 18.6 Å². The first kappa shape index (κ1) is 9.56. The molecule has 1 amide bonds. The summed E-state index contributed by atoms with van der Waals surface area (Å²) in [6, 6.07) is 0. The summed E-state index contributed by atoms with van der Waals surface area (Å²) < 4.78 is 0. The first-order valence-electron chi connectivity index (χ1n) is 3.17. The molecule has 1 N–H and O–H groups in total. The summed E-state index contributed by atoms with van der Waals surface area (Å²) in [6.45, 7) is 4.26. The minimum absolute atomic E-state index is 0.106. The van der Waals surface area contributed by atoms with Crippen LogP contribution in [0.15, 0.2) is 12.7 Å². The van der Waals surface area contributed by atoms with Crippen LogP contribution in [0.2, 0.25) is 0 Å². The molecule has 0 aromatic carbocycles. The highest BCUT2D eigenvalue weighted by atomic mass is 32.2. The van der Waals surface area contributed by atoms with E-state index < -0.39 is 0 Å². The number of nitrogens with one attached hydrogen (secondary N) is 1. The minimum atomic E-state index is 0.106. The lowest BCUT2D eigenvalue weighted by molar-refractivity contribution is -0.118. The van der Waals surface area contributed by atoms with Crippen molar-refractivity contribution >= 4 is 17.7 Å². The Bertz CT molecular complexity index is 114. The van der Waals surface area contributed by atoms with Gasteiger partial charge in [-0.1, -0.05) is 6.08 Å². The molecule has 0 spiro atoms. The third-order valence-corrected chi connectivity index (χ3v) is 1.50. The van der Waals surface area contributed by atoms with E-state index in [0.29, 0.717) is 12.3 Å². The van der Waals surface area contributed by atoms with Gasteiger partial charge in [0.1, 0.15) is 0 Å². The average Bonchev–Trinajstić information content (AvgIpc) is 1.89. The fourth-order valence-corrected chi connectivity index (χ4v) is 0.860. The Kier molecular flexibility index (Phi) is 6.38. The van der Waals surface area contributed by atoms with E-state index in [1.807, 2.05) is 6.26 Å². The molecule has 0 aromatic rings. The van der Waals surface area contributed by atoms with Gasteiger partial charge >= 0.3 is 0 Å². The van der Waals surface area contributed by atoms with Crippen LogP contribution in [0.25, 0.3) is 0 Å². The van der Waals surface area contributed by atoms with Crippen molar-refractivity contribution in [3.8, 4) is 0 Å². The molecule has 0 aliphatic heterocycles. The molecule has 58 valence electrons. The lowest BCUT2D eigenvalue weighted by Gasteiger charge is -1.99. The van der Waals surface area contributed by atoms with E-state index in [1.165, 1.54) is 11.8 Å². The van der Waals surface area contributed by atoms with Crippen LogP contribution in [-0.2, 0) is 4.79 Å². The molecule has 0 saturated carbocycles. The molecule has 0 aliphatic carbocycles. The maximum Gasteiger partial charge on any atom is 0.229 e. The number of rotatable bonds is 5. The molecule has 0 bridgehead atoms. The number of amides is 1. The largest absolute Gasteiger partial charge is 0.355 e. The summed E-state index contributed by atoms with van der Waals surface area (Å²) in [5.74, 6) is 0.659. The van der Waals surface area contributed by atoms with Gasteiger partial charge in [0.2, 0.25) is 5.91 Å². The number of hydrogen-bond donors (Lipinski definition) is 1. The first-order valence-corrected chi connectivity index (χ1v) is 4.57. The summed E-state index contributed by atoms with van der Waals surface area (Å²) >= 11 is 1.53. The van der Waals surface area contributed by atoms with Gasteiger partial charge in [-0.3, -0.25) is 4.79 Å². The Labute approximate surface area is 66.1 Å². The summed E-state index contributed by atoms with van der Waals surface area (Å²) in [5, 5.41) is 2.75. The fraction of sp³-hybridized carbons (Fsp3) is 0.571. The van der Waals surface area contributed by atoms with Gasteiger partial charge in [0, 0.05) is 6.54 Å². The molecule has 0 heterocycles. The van der Waals surface area contributed by atoms with Gasteiger partial charge in [-0.2, -0.15) is 11.8 Å². The predicted octanol–water partition coefficient (Wildman–Crippen LogP) is 1.04. The van der Waals surface area contributed by atoms with Crippen LogP contribution < -0.4 is 5.32 Å². The summed E-state index contributed by atoms with van der Waals surface area (Å²) in [4.78, 5) is 10.8. The van der Waals surface area contributed by atoms with Gasteiger partial charge in [0.15, 0.2) is 0 Å². The molecule has 3 heteroatoms. The second kappa shape index (κ2) is 6.68. The standard InChI is InChI=1S/C7H13NOS/c1-3-4-5-8-7(9)6-10-2/h3H,1,4-6H2,2H3,(H,8,9). The average molecular weight is 159 g/mol. The zero-order chi connectivity index (χ0) is 7.82. The van der Waals surface area contributed by atoms with E-state index in [9.17, 15) is 4.79 Å². The monoisotopic (exact) mass is 159 g/mol. The molecule has 0 radical (unpaired) electrons. The van der Waals surface area contributed by atoms with E-state index in [4.69, 9.17) is 0 Å². The Hall–Kier alpha value is -0.440. The van der Waals surface area contributed by atoms with Crippen molar-refractivity contribution in [1.82, 2.24) is 5.32 Å². The molecule has 2 nitrogen and oxygen atoms in total. The van der Waals surface area contributed by atoms with Crippen molar-refractivity contribution in [1.29, 1.82) is 0 Å². The Morgan fingerprint density at radius 1 is 1.80 bits per heavy atom. The van der Waals surface area contributed by atoms with Gasteiger partial charge in [-0.05, 0) is 12.7 Å². The SMILES string of the molecule is C=CCCNC(=O)CSC. The van der Waals surface area contributed by atoms with E-state index in [1.54, 1.807) is 6.08 Å². The lowest BCUT2D eigenvalue weighted by atomic mass is 10.4. The van der Waals surface area contributed by atoms with Crippen LogP contribution in [0.3, 0.4) is 0 Å². The molecule has 0 rings (SSSR count). The van der Waals surface area contributed by atoms with Crippen molar-refractivity contribution in [2.45, 2.75) is 6.42 Å². The first-order chi connectivity index (χ1) is 4.81. The van der Waals surface area contributed by atoms with Gasteiger partial charge < -0.3 is 5.32 Å². The second-order valence-corrected chi connectivity index (χ2v) is 2.73. The maximum absolute atomic E-state index is 10.8. The molecule has 0 unspecified atom stereocenters. The van der Waals surface area contributed by atoms with Crippen molar-refractivity contribution in [3.63, 3.8) is 0 Å². The highest BCUT2D eigenvalue weighted by Gasteiger charge is 1.95. The van der Waals surface area contributed by atoms with Gasteiger partial charge in [0.25, 0.3) is 0 Å². The number of carbonyl (C=O) groups is 1. The zero-order valence-electron chi connectivity index (χ0n) is 6.22. The smallest absolute Gasteiger partial charge is 0.229 e. The Balaban J connectivity index is 3.13. The van der Waals surface area contributed by atoms with Crippen LogP contribution in [0.4, 0.5) is 0 Å².